The molecule has 0 bridgehead atoms. The molecule has 0 aliphatic heterocycles. The van der Waals surface area contributed by atoms with Gasteiger partial charge in [0, 0.05) is 6.42 Å². The first kappa shape index (κ1) is 12.4. The minimum Gasteiger partial charge on any atom is -0.461 e. The summed E-state index contributed by atoms with van der Waals surface area (Å²) in [6, 6.07) is 8.69. The Kier molecular flexibility index (Phi) is 5.22. The van der Waals surface area contributed by atoms with E-state index < -0.39 is 6.04 Å². The number of rotatable bonds is 6. The van der Waals surface area contributed by atoms with Gasteiger partial charge in [0.05, 0.1) is 6.04 Å². The van der Waals surface area contributed by atoms with Crippen LogP contribution in [0.4, 0.5) is 0 Å². The van der Waals surface area contributed by atoms with Crippen molar-refractivity contribution in [1.29, 1.82) is 0 Å². The van der Waals surface area contributed by atoms with E-state index in [4.69, 9.17) is 10.5 Å². The lowest BCUT2D eigenvalue weighted by atomic mass is 10.2. The largest absolute Gasteiger partial charge is 0.461 e. The molecule has 0 aliphatic rings. The van der Waals surface area contributed by atoms with Crippen molar-refractivity contribution in [3.8, 4) is 0 Å². The van der Waals surface area contributed by atoms with E-state index in [0.29, 0.717) is 0 Å². The van der Waals surface area contributed by atoms with Crippen LogP contribution in [0.25, 0.3) is 0 Å². The van der Waals surface area contributed by atoms with E-state index in [2.05, 4.69) is 0 Å². The fourth-order valence-electron chi connectivity index (χ4n) is 1.14. The number of benzene rings is 1. The molecule has 4 heteroatoms. The van der Waals surface area contributed by atoms with Crippen LogP contribution >= 0.6 is 0 Å². The van der Waals surface area contributed by atoms with Gasteiger partial charge in [-0.15, -0.1) is 0 Å². The molecule has 1 aromatic carbocycles. The lowest BCUT2D eigenvalue weighted by Crippen LogP contribution is -2.22. The summed E-state index contributed by atoms with van der Waals surface area (Å²) in [5.74, 6) is -0.352. The molecule has 85 valence electrons. The molecule has 0 saturated heterocycles. The molecule has 2 N–H and O–H groups in total. The minimum absolute atomic E-state index is 0.142. The van der Waals surface area contributed by atoms with Crippen LogP contribution < -0.4 is 5.73 Å². The van der Waals surface area contributed by atoms with E-state index in [9.17, 15) is 9.59 Å². The van der Waals surface area contributed by atoms with Crippen molar-refractivity contribution in [2.75, 3.05) is 0 Å². The molecular weight excluding hydrogens is 206 g/mol. The van der Waals surface area contributed by atoms with Crippen molar-refractivity contribution >= 4 is 12.3 Å². The topological polar surface area (TPSA) is 69.4 Å². The van der Waals surface area contributed by atoms with Crippen molar-refractivity contribution in [3.63, 3.8) is 0 Å². The molecule has 1 rings (SSSR count). The van der Waals surface area contributed by atoms with E-state index in [1.165, 1.54) is 0 Å². The Bertz CT molecular complexity index is 337. The second kappa shape index (κ2) is 6.74. The van der Waals surface area contributed by atoms with Crippen LogP contribution in [0, 0.1) is 0 Å². The third kappa shape index (κ3) is 4.70. The quantitative estimate of drug-likeness (QED) is 0.724. The van der Waals surface area contributed by atoms with Crippen molar-refractivity contribution in [3.05, 3.63) is 35.9 Å². The normalized spacial score (nSPS) is 11.8. The van der Waals surface area contributed by atoms with Gasteiger partial charge in [-0.25, -0.2) is 0 Å². The highest BCUT2D eigenvalue weighted by Crippen LogP contribution is 2.03. The van der Waals surface area contributed by atoms with Gasteiger partial charge >= 0.3 is 5.97 Å². The number of esters is 1. The van der Waals surface area contributed by atoms with Gasteiger partial charge < -0.3 is 10.5 Å². The summed E-state index contributed by atoms with van der Waals surface area (Å²) in [4.78, 5) is 21.3. The van der Waals surface area contributed by atoms with Crippen molar-refractivity contribution in [1.82, 2.24) is 0 Å². The van der Waals surface area contributed by atoms with Gasteiger partial charge in [-0.05, 0) is 12.0 Å². The first-order valence-electron chi connectivity index (χ1n) is 5.05. The summed E-state index contributed by atoms with van der Waals surface area (Å²) in [5.41, 5.74) is 6.23. The fourth-order valence-corrected chi connectivity index (χ4v) is 1.14. The van der Waals surface area contributed by atoms with Crippen LogP contribution in [0.1, 0.15) is 18.4 Å². The molecule has 0 aromatic heterocycles. The average Bonchev–Trinajstić information content (AvgIpc) is 2.34. The molecule has 0 saturated carbocycles. The van der Waals surface area contributed by atoms with Crippen molar-refractivity contribution in [2.24, 2.45) is 5.73 Å². The maximum atomic E-state index is 11.2. The summed E-state index contributed by atoms with van der Waals surface area (Å²) in [5, 5.41) is 0. The highest BCUT2D eigenvalue weighted by molar-refractivity contribution is 5.70. The second-order valence-electron chi connectivity index (χ2n) is 3.41. The Balaban J connectivity index is 2.23. The Morgan fingerprint density at radius 2 is 2.06 bits per heavy atom. The van der Waals surface area contributed by atoms with Crippen molar-refractivity contribution in [2.45, 2.75) is 25.5 Å². The van der Waals surface area contributed by atoms with Crippen molar-refractivity contribution < 1.29 is 14.3 Å². The Morgan fingerprint density at radius 3 is 2.69 bits per heavy atom. The molecule has 0 fully saturated rings. The maximum Gasteiger partial charge on any atom is 0.306 e. The zero-order valence-electron chi connectivity index (χ0n) is 8.89. The fraction of sp³-hybridized carbons (Fsp3) is 0.333. The van der Waals surface area contributed by atoms with Gasteiger partial charge in [-0.1, -0.05) is 30.3 Å². The van der Waals surface area contributed by atoms with Gasteiger partial charge in [-0.3, -0.25) is 9.59 Å². The van der Waals surface area contributed by atoms with E-state index in [-0.39, 0.29) is 25.4 Å². The molecule has 0 aliphatic carbocycles. The molecule has 16 heavy (non-hydrogen) atoms. The maximum absolute atomic E-state index is 11.2. The highest BCUT2D eigenvalue weighted by Gasteiger charge is 2.07. The average molecular weight is 220 g/mol. The third-order valence-corrected chi connectivity index (χ3v) is 2.05. The smallest absolute Gasteiger partial charge is 0.306 e. The Hall–Kier alpha value is -1.68. The van der Waals surface area contributed by atoms with Crippen LogP contribution in [0.15, 0.2) is 30.3 Å². The monoisotopic (exact) mass is 220 g/mol. The molecule has 0 heterocycles. The first-order valence-corrected chi connectivity index (χ1v) is 5.05. The van der Waals surface area contributed by atoms with E-state index in [1.54, 1.807) is 6.29 Å². The molecule has 1 atom stereocenters. The van der Waals surface area contributed by atoms with E-state index >= 15 is 0 Å². The zero-order chi connectivity index (χ0) is 11.8. The Labute approximate surface area is 94.4 Å². The number of hydrogen-bond donors (Lipinski definition) is 1. The molecular formula is C12H14NO3. The SMILES string of the molecule is N[C@H]([C]=O)CCC(=O)OCc1ccccc1. The molecule has 1 aromatic rings. The van der Waals surface area contributed by atoms with E-state index in [0.717, 1.165) is 5.56 Å². The predicted molar refractivity (Wildman–Crippen MR) is 59.1 cm³/mol. The summed E-state index contributed by atoms with van der Waals surface area (Å²) in [6.45, 7) is 0.250. The lowest BCUT2D eigenvalue weighted by Gasteiger charge is -2.05. The number of nitrogens with two attached hydrogens (primary N) is 1. The minimum atomic E-state index is -0.704. The molecule has 4 nitrogen and oxygen atoms in total. The number of carbonyl (C=O) groups excluding carboxylic acids is 2. The van der Waals surface area contributed by atoms with Crippen LogP contribution in [0.3, 0.4) is 0 Å². The standard InChI is InChI=1S/C12H14NO3/c13-11(8-14)6-7-12(15)16-9-10-4-2-1-3-5-10/h1-5,11H,6-7,9,13H2/t11-/m0/s1. The van der Waals surface area contributed by atoms with Gasteiger partial charge in [-0.2, -0.15) is 0 Å². The molecule has 1 radical (unpaired) electrons. The first-order chi connectivity index (χ1) is 7.72. The van der Waals surface area contributed by atoms with Gasteiger partial charge in [0.1, 0.15) is 6.61 Å². The molecule has 0 amide bonds. The van der Waals surface area contributed by atoms with Crippen LogP contribution in [0.5, 0.6) is 0 Å². The number of ether oxygens (including phenoxy) is 1. The lowest BCUT2D eigenvalue weighted by molar-refractivity contribution is -0.145. The molecule has 0 spiro atoms. The van der Waals surface area contributed by atoms with Gasteiger partial charge in [0.2, 0.25) is 6.29 Å². The third-order valence-electron chi connectivity index (χ3n) is 2.05. The number of hydrogen-bond acceptors (Lipinski definition) is 4. The summed E-state index contributed by atoms with van der Waals surface area (Å²) in [6.07, 6.45) is 2.03. The highest BCUT2D eigenvalue weighted by atomic mass is 16.5. The second-order valence-corrected chi connectivity index (χ2v) is 3.41. The summed E-state index contributed by atoms with van der Waals surface area (Å²) < 4.78 is 5.00. The summed E-state index contributed by atoms with van der Waals surface area (Å²) >= 11 is 0. The van der Waals surface area contributed by atoms with Crippen LogP contribution in [-0.4, -0.2) is 18.3 Å². The Morgan fingerprint density at radius 1 is 1.38 bits per heavy atom. The number of carbonyl (C=O) groups is 1. The molecule has 0 unspecified atom stereocenters. The van der Waals surface area contributed by atoms with Crippen LogP contribution in [0.2, 0.25) is 0 Å². The van der Waals surface area contributed by atoms with Gasteiger partial charge in [0.15, 0.2) is 0 Å². The van der Waals surface area contributed by atoms with Gasteiger partial charge in [0.25, 0.3) is 0 Å². The summed E-state index contributed by atoms with van der Waals surface area (Å²) in [7, 11) is 0. The van der Waals surface area contributed by atoms with E-state index in [1.807, 2.05) is 30.3 Å². The predicted octanol–water partition coefficient (Wildman–Crippen LogP) is 0.947. The van der Waals surface area contributed by atoms with Crippen LogP contribution in [-0.2, 0) is 20.9 Å². The zero-order valence-corrected chi connectivity index (χ0v) is 8.89.